The zero-order valence-electron chi connectivity index (χ0n) is 24.8. The molecule has 0 bridgehead atoms. The number of benzene rings is 2. The number of hydrogen-bond acceptors (Lipinski definition) is 5. The number of carbonyl (C=O) groups excluding carboxylic acids is 1. The van der Waals surface area contributed by atoms with Crippen LogP contribution in [0.25, 0.3) is 0 Å². The molecule has 0 fully saturated rings. The Hall–Kier alpha value is -3.23. The Kier molecular flexibility index (Phi) is 15.7. The summed E-state index contributed by atoms with van der Waals surface area (Å²) in [4.78, 5) is 35.7. The van der Waals surface area contributed by atoms with Crippen molar-refractivity contribution >= 4 is 17.8 Å². The average molecular weight is 570 g/mol. The maximum absolute atomic E-state index is 12.9. The van der Waals surface area contributed by atoms with Gasteiger partial charge in [0.1, 0.15) is 6.61 Å². The van der Waals surface area contributed by atoms with Crippen molar-refractivity contribution in [2.45, 2.75) is 97.2 Å². The summed E-state index contributed by atoms with van der Waals surface area (Å²) in [5, 5.41) is 21.3. The van der Waals surface area contributed by atoms with E-state index < -0.39 is 36.7 Å². The lowest BCUT2D eigenvalue weighted by atomic mass is 10.0. The number of carboxylic acid groups (broad SMARTS) is 2. The molecule has 226 valence electrons. The van der Waals surface area contributed by atoms with Gasteiger partial charge in [-0.05, 0) is 81.5 Å². The average Bonchev–Trinajstić information content (AvgIpc) is 2.93. The number of unbranched alkanes of at least 4 members (excludes halogenated alkanes) is 6. The van der Waals surface area contributed by atoms with Crippen LogP contribution in [0.5, 0.6) is 0 Å². The summed E-state index contributed by atoms with van der Waals surface area (Å²) >= 11 is 0. The lowest BCUT2D eigenvalue weighted by Gasteiger charge is -2.23. The van der Waals surface area contributed by atoms with E-state index >= 15 is 0 Å². The summed E-state index contributed by atoms with van der Waals surface area (Å²) < 4.78 is 10.7. The fourth-order valence-corrected chi connectivity index (χ4v) is 4.58. The van der Waals surface area contributed by atoms with E-state index in [9.17, 15) is 19.5 Å². The number of aliphatic carboxylic acids is 2. The molecule has 8 heteroatoms. The Morgan fingerprint density at radius 1 is 0.707 bits per heavy atom. The molecule has 0 radical (unpaired) electrons. The lowest BCUT2D eigenvalue weighted by Crippen LogP contribution is -2.49. The fourth-order valence-electron chi connectivity index (χ4n) is 4.58. The van der Waals surface area contributed by atoms with Crippen molar-refractivity contribution in [3.05, 3.63) is 70.3 Å². The molecule has 3 N–H and O–H groups in total. The molecule has 2 unspecified atom stereocenters. The first-order valence-corrected chi connectivity index (χ1v) is 14.7. The molecule has 2 atom stereocenters. The van der Waals surface area contributed by atoms with E-state index in [4.69, 9.17) is 14.6 Å². The molecular weight excluding hydrogens is 522 g/mol. The minimum absolute atomic E-state index is 0.173. The van der Waals surface area contributed by atoms with Gasteiger partial charge >= 0.3 is 11.9 Å². The molecule has 2 aromatic carbocycles. The second kappa shape index (κ2) is 19.0. The molecule has 0 heterocycles. The van der Waals surface area contributed by atoms with Crippen LogP contribution >= 0.6 is 0 Å². The minimum Gasteiger partial charge on any atom is -0.480 e. The topological polar surface area (TPSA) is 122 Å². The molecule has 0 aliphatic carbocycles. The number of ether oxygens (including phenoxy) is 2. The summed E-state index contributed by atoms with van der Waals surface area (Å²) in [6.45, 7) is 5.99. The first kappa shape index (κ1) is 34.0. The Balaban J connectivity index is 1.74. The van der Waals surface area contributed by atoms with E-state index in [0.29, 0.717) is 13.0 Å². The fraction of sp³-hybridized carbons (Fsp3) is 0.545. The van der Waals surface area contributed by atoms with Crippen LogP contribution in [0, 0.1) is 20.8 Å². The maximum atomic E-state index is 12.9. The van der Waals surface area contributed by atoms with E-state index in [-0.39, 0.29) is 6.61 Å². The van der Waals surface area contributed by atoms with Gasteiger partial charge in [0.2, 0.25) is 0 Å². The van der Waals surface area contributed by atoms with Gasteiger partial charge in [0, 0.05) is 13.2 Å². The third kappa shape index (κ3) is 13.8. The van der Waals surface area contributed by atoms with Crippen LogP contribution in [0.1, 0.15) is 79.2 Å². The number of carbonyl (C=O) groups is 3. The van der Waals surface area contributed by atoms with Crippen LogP contribution in [-0.4, -0.2) is 60.0 Å². The molecule has 2 rings (SSSR count). The standard InChI is InChI=1S/C33H47NO7/c1-24-14-17-27(18-15-24)12-8-5-4-6-10-20-34-32(37)30(31(33(38)39)41-23-29(35)36)40-21-11-7-9-13-28-19-16-25(2)26(3)22-28/h14-19,22,30-31H,4-13,20-21,23H2,1-3H3,(H,34,37)(H,35,36)(H,38,39). The molecule has 0 saturated carbocycles. The maximum Gasteiger partial charge on any atom is 0.336 e. The van der Waals surface area contributed by atoms with Gasteiger partial charge in [0.15, 0.2) is 12.2 Å². The number of aryl methyl sites for hydroxylation is 5. The quantitative estimate of drug-likeness (QED) is 0.168. The molecule has 41 heavy (non-hydrogen) atoms. The van der Waals surface area contributed by atoms with Crippen molar-refractivity contribution in [1.29, 1.82) is 0 Å². The Bertz CT molecular complexity index is 1080. The van der Waals surface area contributed by atoms with Gasteiger partial charge in [-0.25, -0.2) is 9.59 Å². The Morgan fingerprint density at radius 3 is 1.98 bits per heavy atom. The Morgan fingerprint density at radius 2 is 1.32 bits per heavy atom. The number of amides is 1. The van der Waals surface area contributed by atoms with Gasteiger partial charge in [-0.15, -0.1) is 0 Å². The van der Waals surface area contributed by atoms with Crippen molar-refractivity contribution in [3.8, 4) is 0 Å². The van der Waals surface area contributed by atoms with Gasteiger partial charge in [-0.1, -0.05) is 73.7 Å². The summed E-state index contributed by atoms with van der Waals surface area (Å²) in [5.74, 6) is -3.35. The number of nitrogens with one attached hydrogen (secondary N) is 1. The first-order chi connectivity index (χ1) is 19.7. The monoisotopic (exact) mass is 569 g/mol. The van der Waals surface area contributed by atoms with Crippen LogP contribution in [-0.2, 0) is 36.7 Å². The second-order valence-electron chi connectivity index (χ2n) is 10.8. The SMILES string of the molecule is Cc1ccc(CCCCCCCNC(=O)C(OCCCCCc2ccc(C)c(C)c2)C(OCC(=O)O)C(=O)O)cc1. The van der Waals surface area contributed by atoms with Gasteiger partial charge in [-0.2, -0.15) is 0 Å². The van der Waals surface area contributed by atoms with Crippen molar-refractivity contribution in [1.82, 2.24) is 5.32 Å². The molecule has 0 aromatic heterocycles. The summed E-state index contributed by atoms with van der Waals surface area (Å²) in [6, 6.07) is 15.0. The van der Waals surface area contributed by atoms with Crippen molar-refractivity contribution in [3.63, 3.8) is 0 Å². The number of rotatable bonds is 21. The zero-order valence-corrected chi connectivity index (χ0v) is 24.8. The van der Waals surface area contributed by atoms with Gasteiger partial charge in [0.05, 0.1) is 0 Å². The molecule has 0 saturated heterocycles. The summed E-state index contributed by atoms with van der Waals surface area (Å²) in [6.07, 6.45) is 6.22. The van der Waals surface area contributed by atoms with Gasteiger partial charge in [-0.3, -0.25) is 4.79 Å². The third-order valence-corrected chi connectivity index (χ3v) is 7.20. The normalized spacial score (nSPS) is 12.6. The second-order valence-corrected chi connectivity index (χ2v) is 10.8. The molecule has 0 aliphatic rings. The van der Waals surface area contributed by atoms with Crippen molar-refractivity contribution < 1.29 is 34.1 Å². The van der Waals surface area contributed by atoms with Gasteiger partial charge < -0.3 is 25.0 Å². The van der Waals surface area contributed by atoms with E-state index in [1.807, 2.05) is 0 Å². The van der Waals surface area contributed by atoms with Crippen LogP contribution in [0.4, 0.5) is 0 Å². The van der Waals surface area contributed by atoms with Crippen molar-refractivity contribution in [2.75, 3.05) is 19.8 Å². The van der Waals surface area contributed by atoms with E-state index in [1.54, 1.807) is 0 Å². The highest BCUT2D eigenvalue weighted by Crippen LogP contribution is 2.14. The third-order valence-electron chi connectivity index (χ3n) is 7.20. The zero-order chi connectivity index (χ0) is 30.0. The molecule has 8 nitrogen and oxygen atoms in total. The minimum atomic E-state index is -1.71. The summed E-state index contributed by atoms with van der Waals surface area (Å²) in [7, 11) is 0. The highest BCUT2D eigenvalue weighted by Gasteiger charge is 2.36. The summed E-state index contributed by atoms with van der Waals surface area (Å²) in [5.41, 5.74) is 6.40. The van der Waals surface area contributed by atoms with Gasteiger partial charge in [0.25, 0.3) is 5.91 Å². The largest absolute Gasteiger partial charge is 0.480 e. The number of carboxylic acids is 2. The van der Waals surface area contributed by atoms with Crippen LogP contribution in [0.3, 0.4) is 0 Å². The van der Waals surface area contributed by atoms with Crippen molar-refractivity contribution in [2.24, 2.45) is 0 Å². The van der Waals surface area contributed by atoms with Crippen LogP contribution in [0.2, 0.25) is 0 Å². The first-order valence-electron chi connectivity index (χ1n) is 14.7. The van der Waals surface area contributed by atoms with Crippen LogP contribution in [0.15, 0.2) is 42.5 Å². The predicted molar refractivity (Wildman–Crippen MR) is 159 cm³/mol. The highest BCUT2D eigenvalue weighted by molar-refractivity contribution is 5.88. The molecular formula is C33H47NO7. The molecule has 0 aliphatic heterocycles. The van der Waals surface area contributed by atoms with Crippen LogP contribution < -0.4 is 5.32 Å². The molecule has 0 spiro atoms. The van der Waals surface area contributed by atoms with E-state index in [2.05, 4.69) is 68.6 Å². The van der Waals surface area contributed by atoms with E-state index in [0.717, 1.165) is 57.8 Å². The molecule has 2 aromatic rings. The Labute approximate surface area is 244 Å². The smallest absolute Gasteiger partial charge is 0.336 e. The van der Waals surface area contributed by atoms with E-state index in [1.165, 1.54) is 27.8 Å². The highest BCUT2D eigenvalue weighted by atomic mass is 16.6. The number of hydrogen-bond donors (Lipinski definition) is 3. The lowest BCUT2D eigenvalue weighted by molar-refractivity contribution is -0.172. The molecule has 1 amide bonds. The predicted octanol–water partition coefficient (Wildman–Crippen LogP) is 5.57.